The molecular weight excluding hydrogens is 274 g/mol. The van der Waals surface area contributed by atoms with E-state index >= 15 is 0 Å². The second-order valence-electron chi connectivity index (χ2n) is 3.94. The van der Waals surface area contributed by atoms with Crippen molar-refractivity contribution in [3.8, 4) is 11.5 Å². The molecule has 0 aromatic heterocycles. The number of hydrogen-bond donors (Lipinski definition) is 2. The standard InChI is InChI=1S/C14H21N3O2S/c1-11(10-16-2)20-8-7-17-14(15)19-13-6-4-5-12(9-13)18-3/h4-6,9-10,14,17H,2,7-8,15H2,1,3H3/b11-10-. The van der Waals surface area contributed by atoms with Crippen LogP contribution in [-0.4, -0.2) is 32.5 Å². The SMILES string of the molecule is C=N/C=C(/C)SCCNC(N)Oc1cccc(OC)c1. The molecule has 0 radical (unpaired) electrons. The number of benzene rings is 1. The van der Waals surface area contributed by atoms with E-state index in [4.69, 9.17) is 15.2 Å². The zero-order valence-electron chi connectivity index (χ0n) is 11.8. The Hall–Kier alpha value is -1.50. The van der Waals surface area contributed by atoms with Crippen LogP contribution < -0.4 is 20.5 Å². The van der Waals surface area contributed by atoms with Crippen LogP contribution in [0.4, 0.5) is 0 Å². The highest BCUT2D eigenvalue weighted by molar-refractivity contribution is 8.03. The molecule has 0 aliphatic heterocycles. The van der Waals surface area contributed by atoms with Crippen LogP contribution >= 0.6 is 11.8 Å². The van der Waals surface area contributed by atoms with Crippen molar-refractivity contribution in [2.24, 2.45) is 10.7 Å². The maximum atomic E-state index is 5.85. The van der Waals surface area contributed by atoms with Crippen molar-refractivity contribution in [2.45, 2.75) is 13.3 Å². The zero-order chi connectivity index (χ0) is 14.8. The fourth-order valence-electron chi connectivity index (χ4n) is 1.44. The number of aliphatic imine (C=N–C) groups is 1. The molecule has 0 heterocycles. The van der Waals surface area contributed by atoms with Crippen LogP contribution in [0.2, 0.25) is 0 Å². The Morgan fingerprint density at radius 2 is 2.30 bits per heavy atom. The molecule has 3 N–H and O–H groups in total. The quantitative estimate of drug-likeness (QED) is 0.415. The minimum absolute atomic E-state index is 0.551. The van der Waals surface area contributed by atoms with E-state index in [9.17, 15) is 0 Å². The molecule has 20 heavy (non-hydrogen) atoms. The van der Waals surface area contributed by atoms with Gasteiger partial charge in [0.2, 0.25) is 6.35 Å². The highest BCUT2D eigenvalue weighted by Crippen LogP contribution is 2.19. The first-order valence-electron chi connectivity index (χ1n) is 6.21. The van der Waals surface area contributed by atoms with Crippen molar-refractivity contribution < 1.29 is 9.47 Å². The fraction of sp³-hybridized carbons (Fsp3) is 0.357. The number of hydrogen-bond acceptors (Lipinski definition) is 6. The number of rotatable bonds is 9. The first-order chi connectivity index (χ1) is 9.65. The van der Waals surface area contributed by atoms with Crippen LogP contribution in [0.1, 0.15) is 6.92 Å². The van der Waals surface area contributed by atoms with E-state index in [0.29, 0.717) is 5.75 Å². The number of allylic oxidation sites excluding steroid dienone is 1. The van der Waals surface area contributed by atoms with E-state index in [-0.39, 0.29) is 0 Å². The highest BCUT2D eigenvalue weighted by atomic mass is 32.2. The van der Waals surface area contributed by atoms with Crippen molar-refractivity contribution in [3.63, 3.8) is 0 Å². The Bertz CT molecular complexity index is 452. The van der Waals surface area contributed by atoms with Crippen molar-refractivity contribution in [2.75, 3.05) is 19.4 Å². The van der Waals surface area contributed by atoms with Gasteiger partial charge in [-0.25, -0.2) is 0 Å². The van der Waals surface area contributed by atoms with E-state index in [0.717, 1.165) is 23.0 Å². The molecule has 110 valence electrons. The predicted molar refractivity (Wildman–Crippen MR) is 85.4 cm³/mol. The molecule has 1 unspecified atom stereocenters. The molecule has 0 saturated heterocycles. The zero-order valence-corrected chi connectivity index (χ0v) is 12.7. The van der Waals surface area contributed by atoms with Gasteiger partial charge in [-0.2, -0.15) is 0 Å². The monoisotopic (exact) mass is 295 g/mol. The van der Waals surface area contributed by atoms with Crippen LogP contribution in [0.25, 0.3) is 0 Å². The number of nitrogens with zero attached hydrogens (tertiary/aromatic N) is 1. The Kier molecular flexibility index (Phi) is 7.79. The summed E-state index contributed by atoms with van der Waals surface area (Å²) >= 11 is 1.69. The largest absolute Gasteiger partial charge is 0.497 e. The first kappa shape index (κ1) is 16.6. The van der Waals surface area contributed by atoms with E-state index in [1.807, 2.05) is 25.1 Å². The number of thioether (sulfide) groups is 1. The summed E-state index contributed by atoms with van der Waals surface area (Å²) in [6.45, 7) is 6.14. The van der Waals surface area contributed by atoms with Gasteiger partial charge in [0.1, 0.15) is 11.5 Å². The molecule has 1 atom stereocenters. The van der Waals surface area contributed by atoms with E-state index in [2.05, 4.69) is 17.0 Å². The van der Waals surface area contributed by atoms with Gasteiger partial charge < -0.3 is 9.47 Å². The van der Waals surface area contributed by atoms with Gasteiger partial charge in [-0.15, -0.1) is 11.8 Å². The van der Waals surface area contributed by atoms with Crippen LogP contribution in [0.5, 0.6) is 11.5 Å². The average Bonchev–Trinajstić information content (AvgIpc) is 2.44. The third-order valence-corrected chi connectivity index (χ3v) is 3.32. The first-order valence-corrected chi connectivity index (χ1v) is 7.19. The molecule has 0 bridgehead atoms. The summed E-state index contributed by atoms with van der Waals surface area (Å²) in [4.78, 5) is 4.82. The van der Waals surface area contributed by atoms with Crippen LogP contribution in [0.3, 0.4) is 0 Å². The lowest BCUT2D eigenvalue weighted by molar-refractivity contribution is 0.173. The maximum absolute atomic E-state index is 5.85. The molecule has 1 aromatic carbocycles. The van der Waals surface area contributed by atoms with Crippen LogP contribution in [0, 0.1) is 0 Å². The maximum Gasteiger partial charge on any atom is 0.204 e. The molecule has 0 spiro atoms. The molecule has 0 aliphatic carbocycles. The second-order valence-corrected chi connectivity index (χ2v) is 5.28. The molecule has 1 aromatic rings. The number of ether oxygens (including phenoxy) is 2. The Morgan fingerprint density at radius 1 is 1.55 bits per heavy atom. The lowest BCUT2D eigenvalue weighted by Gasteiger charge is -2.16. The van der Waals surface area contributed by atoms with E-state index in [1.165, 1.54) is 0 Å². The third kappa shape index (κ3) is 6.60. The van der Waals surface area contributed by atoms with Gasteiger partial charge >= 0.3 is 0 Å². The summed E-state index contributed by atoms with van der Waals surface area (Å²) in [5.74, 6) is 2.29. The average molecular weight is 295 g/mol. The van der Waals surface area contributed by atoms with E-state index in [1.54, 1.807) is 31.1 Å². The molecule has 1 rings (SSSR count). The Labute approximate surface area is 124 Å². The van der Waals surface area contributed by atoms with Crippen LogP contribution in [-0.2, 0) is 0 Å². The number of methoxy groups -OCH3 is 1. The minimum Gasteiger partial charge on any atom is -0.497 e. The van der Waals surface area contributed by atoms with Gasteiger partial charge in [0.05, 0.1) is 7.11 Å². The summed E-state index contributed by atoms with van der Waals surface area (Å²) in [5, 5.41) is 3.09. The van der Waals surface area contributed by atoms with Crippen molar-refractivity contribution in [1.29, 1.82) is 0 Å². The van der Waals surface area contributed by atoms with Crippen molar-refractivity contribution in [1.82, 2.24) is 5.32 Å². The Morgan fingerprint density at radius 3 is 3.00 bits per heavy atom. The van der Waals surface area contributed by atoms with Gasteiger partial charge in [-0.3, -0.25) is 16.0 Å². The number of nitrogens with two attached hydrogens (primary N) is 1. The van der Waals surface area contributed by atoms with Crippen molar-refractivity contribution >= 4 is 18.5 Å². The van der Waals surface area contributed by atoms with Crippen molar-refractivity contribution in [3.05, 3.63) is 35.4 Å². The topological polar surface area (TPSA) is 68.9 Å². The van der Waals surface area contributed by atoms with Gasteiger partial charge in [0.25, 0.3) is 0 Å². The summed E-state index contributed by atoms with van der Waals surface area (Å²) in [6, 6.07) is 7.33. The summed E-state index contributed by atoms with van der Waals surface area (Å²) in [6.07, 6.45) is 1.18. The van der Waals surface area contributed by atoms with Crippen LogP contribution in [0.15, 0.2) is 40.4 Å². The summed E-state index contributed by atoms with van der Waals surface area (Å²) < 4.78 is 10.7. The Balaban J connectivity index is 2.27. The van der Waals surface area contributed by atoms with Gasteiger partial charge in [-0.1, -0.05) is 6.07 Å². The smallest absolute Gasteiger partial charge is 0.204 e. The third-order valence-electron chi connectivity index (χ3n) is 2.35. The van der Waals surface area contributed by atoms with Gasteiger partial charge in [-0.05, 0) is 30.7 Å². The molecule has 0 amide bonds. The summed E-state index contributed by atoms with van der Waals surface area (Å²) in [7, 11) is 1.61. The normalized spacial score (nSPS) is 12.8. The molecule has 5 nitrogen and oxygen atoms in total. The molecule has 0 aliphatic rings. The van der Waals surface area contributed by atoms with Gasteiger partial charge in [0.15, 0.2) is 0 Å². The molecule has 0 fully saturated rings. The predicted octanol–water partition coefficient (Wildman–Crippen LogP) is 2.20. The molecular formula is C14H21N3O2S. The number of nitrogens with one attached hydrogen (secondary N) is 1. The highest BCUT2D eigenvalue weighted by Gasteiger charge is 2.04. The fourth-order valence-corrected chi connectivity index (χ4v) is 2.13. The van der Waals surface area contributed by atoms with Gasteiger partial charge in [0, 0.05) is 24.6 Å². The lowest BCUT2D eigenvalue weighted by Crippen LogP contribution is -2.43. The second kappa shape index (κ2) is 9.41. The summed E-state index contributed by atoms with van der Waals surface area (Å²) in [5.41, 5.74) is 5.85. The minimum atomic E-state index is -0.551. The van der Waals surface area contributed by atoms with E-state index < -0.39 is 6.35 Å². The molecule has 0 saturated carbocycles. The lowest BCUT2D eigenvalue weighted by atomic mass is 10.3. The molecule has 6 heteroatoms.